The maximum absolute atomic E-state index is 12.3. The predicted molar refractivity (Wildman–Crippen MR) is 78.0 cm³/mol. The van der Waals surface area contributed by atoms with Gasteiger partial charge in [-0.05, 0) is 19.4 Å². The van der Waals surface area contributed by atoms with E-state index in [-0.39, 0.29) is 17.5 Å². The molecule has 1 aromatic carbocycles. The first-order valence-electron chi connectivity index (χ1n) is 6.53. The molecule has 0 aliphatic heterocycles. The molecule has 0 saturated heterocycles. The number of para-hydroxylation sites is 1. The fourth-order valence-corrected chi connectivity index (χ4v) is 2.06. The number of H-pyrrole nitrogens is 1. The normalized spacial score (nSPS) is 12.3. The van der Waals surface area contributed by atoms with Crippen molar-refractivity contribution in [3.8, 4) is 0 Å². The molecule has 106 valence electrons. The molecule has 0 bridgehead atoms. The number of aromatic nitrogens is 1. The van der Waals surface area contributed by atoms with E-state index in [1.807, 2.05) is 25.1 Å². The van der Waals surface area contributed by atoms with Crippen LogP contribution in [0.25, 0.3) is 10.9 Å². The third-order valence-electron chi connectivity index (χ3n) is 3.13. The van der Waals surface area contributed by atoms with Gasteiger partial charge in [0.25, 0.3) is 5.91 Å². The van der Waals surface area contributed by atoms with Gasteiger partial charge >= 0.3 is 0 Å². The SMILES string of the molecule is COCCC(C)NC(=O)c1cc(=O)[nH]c2ccccc12. The van der Waals surface area contributed by atoms with E-state index in [1.165, 1.54) is 6.07 Å². The molecule has 2 aromatic rings. The number of methoxy groups -OCH3 is 1. The van der Waals surface area contributed by atoms with E-state index in [9.17, 15) is 9.59 Å². The topological polar surface area (TPSA) is 71.2 Å². The molecule has 20 heavy (non-hydrogen) atoms. The lowest BCUT2D eigenvalue weighted by atomic mass is 10.1. The van der Waals surface area contributed by atoms with Gasteiger partial charge in [-0.15, -0.1) is 0 Å². The summed E-state index contributed by atoms with van der Waals surface area (Å²) in [6.45, 7) is 2.49. The molecular weight excluding hydrogens is 256 g/mol. The molecule has 0 saturated carbocycles. The van der Waals surface area contributed by atoms with Crippen molar-refractivity contribution >= 4 is 16.8 Å². The van der Waals surface area contributed by atoms with E-state index in [0.29, 0.717) is 17.7 Å². The van der Waals surface area contributed by atoms with Gasteiger partial charge in [-0.25, -0.2) is 0 Å². The second kappa shape index (κ2) is 6.34. The molecule has 0 spiro atoms. The number of ether oxygens (including phenoxy) is 1. The van der Waals surface area contributed by atoms with Gasteiger partial charge in [-0.3, -0.25) is 9.59 Å². The predicted octanol–water partition coefficient (Wildman–Crippen LogP) is 1.68. The summed E-state index contributed by atoms with van der Waals surface area (Å²) in [5, 5.41) is 3.62. The number of nitrogens with one attached hydrogen (secondary N) is 2. The van der Waals surface area contributed by atoms with Crippen molar-refractivity contribution in [3.63, 3.8) is 0 Å². The highest BCUT2D eigenvalue weighted by molar-refractivity contribution is 6.06. The quantitative estimate of drug-likeness (QED) is 0.871. The Balaban J connectivity index is 2.28. The van der Waals surface area contributed by atoms with E-state index in [2.05, 4.69) is 10.3 Å². The Labute approximate surface area is 117 Å². The summed E-state index contributed by atoms with van der Waals surface area (Å²) in [5.41, 5.74) is 0.779. The van der Waals surface area contributed by atoms with Crippen molar-refractivity contribution in [2.45, 2.75) is 19.4 Å². The largest absolute Gasteiger partial charge is 0.385 e. The van der Waals surface area contributed by atoms with Crippen molar-refractivity contribution < 1.29 is 9.53 Å². The lowest BCUT2D eigenvalue weighted by Gasteiger charge is -2.14. The molecule has 5 nitrogen and oxygen atoms in total. The fraction of sp³-hybridized carbons (Fsp3) is 0.333. The highest BCUT2D eigenvalue weighted by atomic mass is 16.5. The fourth-order valence-electron chi connectivity index (χ4n) is 2.06. The minimum atomic E-state index is -0.279. The van der Waals surface area contributed by atoms with E-state index < -0.39 is 0 Å². The van der Waals surface area contributed by atoms with Gasteiger partial charge in [-0.1, -0.05) is 18.2 Å². The van der Waals surface area contributed by atoms with Crippen LogP contribution in [0.4, 0.5) is 0 Å². The molecule has 0 aliphatic rings. The summed E-state index contributed by atoms with van der Waals surface area (Å²) in [4.78, 5) is 26.6. The molecule has 1 amide bonds. The zero-order valence-electron chi connectivity index (χ0n) is 11.6. The molecule has 2 rings (SSSR count). The van der Waals surface area contributed by atoms with Crippen LogP contribution in [-0.2, 0) is 4.74 Å². The number of hydrogen-bond donors (Lipinski definition) is 2. The van der Waals surface area contributed by atoms with Gasteiger partial charge in [0.2, 0.25) is 5.56 Å². The van der Waals surface area contributed by atoms with Gasteiger partial charge < -0.3 is 15.0 Å². The Morgan fingerprint density at radius 1 is 1.40 bits per heavy atom. The molecule has 1 aromatic heterocycles. The first kappa shape index (κ1) is 14.3. The zero-order valence-corrected chi connectivity index (χ0v) is 11.6. The standard InChI is InChI=1S/C15H18N2O3/c1-10(7-8-20-2)16-15(19)12-9-14(18)17-13-6-4-3-5-11(12)13/h3-6,9-10H,7-8H2,1-2H3,(H,16,19)(H,17,18). The maximum atomic E-state index is 12.3. The molecule has 1 atom stereocenters. The minimum Gasteiger partial charge on any atom is -0.385 e. The zero-order chi connectivity index (χ0) is 14.5. The number of fused-ring (bicyclic) bond motifs is 1. The molecule has 0 fully saturated rings. The highest BCUT2D eigenvalue weighted by Crippen LogP contribution is 2.14. The summed E-state index contributed by atoms with van der Waals surface area (Å²) in [6, 6.07) is 8.58. The van der Waals surface area contributed by atoms with Crippen LogP contribution >= 0.6 is 0 Å². The van der Waals surface area contributed by atoms with Gasteiger partial charge in [0.05, 0.1) is 5.56 Å². The van der Waals surface area contributed by atoms with Crippen molar-refractivity contribution in [2.75, 3.05) is 13.7 Å². The van der Waals surface area contributed by atoms with E-state index in [1.54, 1.807) is 13.2 Å². The van der Waals surface area contributed by atoms with Crippen LogP contribution in [0, 0.1) is 0 Å². The Kier molecular flexibility index (Phi) is 4.53. The van der Waals surface area contributed by atoms with Crippen LogP contribution in [0.2, 0.25) is 0 Å². The van der Waals surface area contributed by atoms with Gasteiger partial charge in [0.15, 0.2) is 0 Å². The van der Waals surface area contributed by atoms with Gasteiger partial charge in [0, 0.05) is 36.7 Å². The van der Waals surface area contributed by atoms with E-state index in [4.69, 9.17) is 4.74 Å². The lowest BCUT2D eigenvalue weighted by Crippen LogP contribution is -2.34. The number of aromatic amines is 1. The molecule has 1 unspecified atom stereocenters. The average Bonchev–Trinajstić information content (AvgIpc) is 2.44. The third-order valence-corrected chi connectivity index (χ3v) is 3.13. The molecule has 5 heteroatoms. The summed E-state index contributed by atoms with van der Waals surface area (Å²) >= 11 is 0. The summed E-state index contributed by atoms with van der Waals surface area (Å²) in [7, 11) is 1.62. The number of carbonyl (C=O) groups excluding carboxylic acids is 1. The monoisotopic (exact) mass is 274 g/mol. The summed E-state index contributed by atoms with van der Waals surface area (Å²) in [6.07, 6.45) is 0.726. The summed E-state index contributed by atoms with van der Waals surface area (Å²) in [5.74, 6) is -0.240. The average molecular weight is 274 g/mol. The number of carbonyl (C=O) groups is 1. The van der Waals surface area contributed by atoms with Crippen molar-refractivity contribution in [3.05, 3.63) is 46.2 Å². The maximum Gasteiger partial charge on any atom is 0.252 e. The van der Waals surface area contributed by atoms with E-state index in [0.717, 1.165) is 11.8 Å². The Hall–Kier alpha value is -2.14. The van der Waals surface area contributed by atoms with Crippen LogP contribution in [0.3, 0.4) is 0 Å². The van der Waals surface area contributed by atoms with Gasteiger partial charge in [-0.2, -0.15) is 0 Å². The van der Waals surface area contributed by atoms with Crippen LogP contribution in [0.1, 0.15) is 23.7 Å². The van der Waals surface area contributed by atoms with Crippen LogP contribution in [-0.4, -0.2) is 30.6 Å². The van der Waals surface area contributed by atoms with Crippen molar-refractivity contribution in [1.82, 2.24) is 10.3 Å². The molecule has 1 heterocycles. The van der Waals surface area contributed by atoms with Crippen molar-refractivity contribution in [2.24, 2.45) is 0 Å². The second-order valence-corrected chi connectivity index (χ2v) is 4.75. The number of amides is 1. The molecular formula is C15H18N2O3. The molecule has 0 radical (unpaired) electrons. The molecule has 2 N–H and O–H groups in total. The second-order valence-electron chi connectivity index (χ2n) is 4.75. The summed E-state index contributed by atoms with van der Waals surface area (Å²) < 4.78 is 4.98. The van der Waals surface area contributed by atoms with Crippen LogP contribution in [0.5, 0.6) is 0 Å². The third kappa shape index (κ3) is 3.24. The number of rotatable bonds is 5. The number of pyridine rings is 1. The Morgan fingerprint density at radius 3 is 2.90 bits per heavy atom. The van der Waals surface area contributed by atoms with Crippen LogP contribution in [0.15, 0.2) is 35.1 Å². The Bertz CT molecular complexity index is 663. The number of benzene rings is 1. The lowest BCUT2D eigenvalue weighted by molar-refractivity contribution is 0.0931. The smallest absolute Gasteiger partial charge is 0.252 e. The van der Waals surface area contributed by atoms with E-state index >= 15 is 0 Å². The van der Waals surface area contributed by atoms with Crippen LogP contribution < -0.4 is 10.9 Å². The van der Waals surface area contributed by atoms with Gasteiger partial charge in [0.1, 0.15) is 0 Å². The number of hydrogen-bond acceptors (Lipinski definition) is 3. The first-order valence-corrected chi connectivity index (χ1v) is 6.53. The molecule has 0 aliphatic carbocycles. The minimum absolute atomic E-state index is 0.0134. The van der Waals surface area contributed by atoms with Crippen molar-refractivity contribution in [1.29, 1.82) is 0 Å². The first-order chi connectivity index (χ1) is 9.61. The Morgan fingerprint density at radius 2 is 2.15 bits per heavy atom. The highest BCUT2D eigenvalue weighted by Gasteiger charge is 2.13.